The van der Waals surface area contributed by atoms with Crippen LogP contribution in [-0.2, 0) is 0 Å². The molecule has 16 heavy (non-hydrogen) atoms. The number of nitrogen functional groups attached to an aromatic ring is 1. The molecular formula is C12H18N2O2. The molecule has 0 fully saturated rings. The number of aromatic carboxylic acids is 1. The van der Waals surface area contributed by atoms with E-state index in [4.69, 9.17) is 10.8 Å². The first-order valence-corrected chi connectivity index (χ1v) is 5.25. The zero-order chi connectivity index (χ0) is 12.3. The molecule has 0 heterocycles. The summed E-state index contributed by atoms with van der Waals surface area (Å²) in [5.74, 6) is -0.465. The van der Waals surface area contributed by atoms with E-state index >= 15 is 0 Å². The maximum atomic E-state index is 10.9. The van der Waals surface area contributed by atoms with Crippen molar-refractivity contribution in [2.75, 3.05) is 24.2 Å². The molecule has 0 radical (unpaired) electrons. The maximum absolute atomic E-state index is 10.9. The average Bonchev–Trinajstić information content (AvgIpc) is 2.16. The molecule has 0 aliphatic carbocycles. The van der Waals surface area contributed by atoms with Crippen molar-refractivity contribution in [3.8, 4) is 0 Å². The molecule has 0 unspecified atom stereocenters. The summed E-state index contributed by atoms with van der Waals surface area (Å²) < 4.78 is 0. The van der Waals surface area contributed by atoms with Gasteiger partial charge < -0.3 is 15.7 Å². The van der Waals surface area contributed by atoms with Crippen LogP contribution >= 0.6 is 0 Å². The predicted molar refractivity (Wildman–Crippen MR) is 65.9 cm³/mol. The number of hydrogen-bond acceptors (Lipinski definition) is 3. The van der Waals surface area contributed by atoms with Gasteiger partial charge in [-0.05, 0) is 24.1 Å². The summed E-state index contributed by atoms with van der Waals surface area (Å²) in [7, 11) is 1.94. The number of benzene rings is 1. The van der Waals surface area contributed by atoms with Crippen molar-refractivity contribution in [2.24, 2.45) is 5.92 Å². The molecule has 0 spiro atoms. The lowest BCUT2D eigenvalue weighted by Gasteiger charge is -2.22. The molecule has 0 bridgehead atoms. The van der Waals surface area contributed by atoms with Gasteiger partial charge in [0.1, 0.15) is 0 Å². The predicted octanol–water partition coefficient (Wildman–Crippen LogP) is 2.06. The van der Waals surface area contributed by atoms with Crippen LogP contribution in [0.15, 0.2) is 18.2 Å². The highest BCUT2D eigenvalue weighted by molar-refractivity contribution is 5.94. The van der Waals surface area contributed by atoms with Crippen molar-refractivity contribution in [3.05, 3.63) is 23.8 Å². The topological polar surface area (TPSA) is 66.6 Å². The summed E-state index contributed by atoms with van der Waals surface area (Å²) in [4.78, 5) is 12.9. The summed E-state index contributed by atoms with van der Waals surface area (Å²) in [6.07, 6.45) is 0. The van der Waals surface area contributed by atoms with Crippen LogP contribution in [0.4, 0.5) is 11.4 Å². The second-order valence-corrected chi connectivity index (χ2v) is 4.35. The lowest BCUT2D eigenvalue weighted by molar-refractivity contribution is 0.0698. The number of nitrogens with zero attached hydrogens (tertiary/aromatic N) is 1. The van der Waals surface area contributed by atoms with E-state index in [0.717, 1.165) is 12.2 Å². The molecule has 4 nitrogen and oxygen atoms in total. The monoisotopic (exact) mass is 222 g/mol. The van der Waals surface area contributed by atoms with Crippen LogP contribution in [0, 0.1) is 5.92 Å². The third-order valence-electron chi connectivity index (χ3n) is 2.35. The van der Waals surface area contributed by atoms with Gasteiger partial charge in [-0.25, -0.2) is 4.79 Å². The first-order chi connectivity index (χ1) is 7.41. The third kappa shape index (κ3) is 2.89. The van der Waals surface area contributed by atoms with Gasteiger partial charge >= 0.3 is 5.97 Å². The number of rotatable bonds is 4. The highest BCUT2D eigenvalue weighted by Crippen LogP contribution is 2.21. The molecule has 0 saturated carbocycles. The molecule has 3 N–H and O–H groups in total. The van der Waals surface area contributed by atoms with Crippen molar-refractivity contribution in [1.82, 2.24) is 0 Å². The maximum Gasteiger partial charge on any atom is 0.337 e. The van der Waals surface area contributed by atoms with E-state index < -0.39 is 5.97 Å². The normalized spacial score (nSPS) is 10.5. The number of nitrogens with two attached hydrogens (primary N) is 1. The summed E-state index contributed by atoms with van der Waals surface area (Å²) >= 11 is 0. The Kier molecular flexibility index (Phi) is 3.77. The van der Waals surface area contributed by atoms with Gasteiger partial charge in [-0.2, -0.15) is 0 Å². The quantitative estimate of drug-likeness (QED) is 0.765. The summed E-state index contributed by atoms with van der Waals surface area (Å²) in [5, 5.41) is 8.96. The van der Waals surface area contributed by atoms with E-state index in [-0.39, 0.29) is 5.56 Å². The molecule has 0 aromatic heterocycles. The fourth-order valence-electron chi connectivity index (χ4n) is 1.62. The molecule has 1 rings (SSSR count). The second-order valence-electron chi connectivity index (χ2n) is 4.35. The minimum Gasteiger partial charge on any atom is -0.478 e. The van der Waals surface area contributed by atoms with Gasteiger partial charge in [0.15, 0.2) is 0 Å². The Labute approximate surface area is 95.7 Å². The van der Waals surface area contributed by atoms with Crippen molar-refractivity contribution in [1.29, 1.82) is 0 Å². The fraction of sp³-hybridized carbons (Fsp3) is 0.417. The molecule has 1 aromatic rings. The molecule has 4 heteroatoms. The van der Waals surface area contributed by atoms with E-state index in [1.54, 1.807) is 12.1 Å². The Morgan fingerprint density at radius 3 is 2.62 bits per heavy atom. The van der Waals surface area contributed by atoms with Gasteiger partial charge in [0, 0.05) is 25.0 Å². The Hall–Kier alpha value is -1.71. The van der Waals surface area contributed by atoms with Crippen LogP contribution < -0.4 is 10.6 Å². The van der Waals surface area contributed by atoms with E-state index in [1.165, 1.54) is 0 Å². The average molecular weight is 222 g/mol. The Morgan fingerprint density at radius 1 is 1.50 bits per heavy atom. The fourth-order valence-corrected chi connectivity index (χ4v) is 1.62. The molecule has 0 saturated heterocycles. The number of carboxylic acid groups (broad SMARTS) is 1. The van der Waals surface area contributed by atoms with Crippen LogP contribution in [0.2, 0.25) is 0 Å². The van der Waals surface area contributed by atoms with Crippen molar-refractivity contribution < 1.29 is 9.90 Å². The van der Waals surface area contributed by atoms with E-state index in [0.29, 0.717) is 11.6 Å². The minimum absolute atomic E-state index is 0.160. The van der Waals surface area contributed by atoms with Crippen LogP contribution in [0.1, 0.15) is 24.2 Å². The summed E-state index contributed by atoms with van der Waals surface area (Å²) in [5.41, 5.74) is 6.93. The van der Waals surface area contributed by atoms with E-state index in [2.05, 4.69) is 13.8 Å². The summed E-state index contributed by atoms with van der Waals surface area (Å²) in [6, 6.07) is 5.08. The molecule has 1 aromatic carbocycles. The number of hydrogen-bond donors (Lipinski definition) is 2. The van der Waals surface area contributed by atoms with Crippen molar-refractivity contribution in [3.63, 3.8) is 0 Å². The number of carboxylic acids is 1. The minimum atomic E-state index is -0.989. The van der Waals surface area contributed by atoms with Crippen LogP contribution in [0.5, 0.6) is 0 Å². The van der Waals surface area contributed by atoms with E-state index in [9.17, 15) is 4.79 Å². The van der Waals surface area contributed by atoms with Gasteiger partial charge in [-0.1, -0.05) is 13.8 Å². The zero-order valence-electron chi connectivity index (χ0n) is 9.90. The standard InChI is InChI=1S/C12H18N2O2/c1-8(2)7-14(3)9-4-5-11(13)10(6-9)12(15)16/h4-6,8H,7,13H2,1-3H3,(H,15,16). The Morgan fingerprint density at radius 2 is 2.12 bits per heavy atom. The Balaban J connectivity index is 2.98. The van der Waals surface area contributed by atoms with Crippen molar-refractivity contribution in [2.45, 2.75) is 13.8 Å². The lowest BCUT2D eigenvalue weighted by atomic mass is 10.1. The van der Waals surface area contributed by atoms with Gasteiger partial charge in [-0.3, -0.25) is 0 Å². The van der Waals surface area contributed by atoms with Crippen molar-refractivity contribution >= 4 is 17.3 Å². The first-order valence-electron chi connectivity index (χ1n) is 5.25. The highest BCUT2D eigenvalue weighted by Gasteiger charge is 2.11. The summed E-state index contributed by atoms with van der Waals surface area (Å²) in [6.45, 7) is 5.11. The molecule has 0 aliphatic rings. The SMILES string of the molecule is CC(C)CN(C)c1ccc(N)c(C(=O)O)c1. The molecule has 0 aliphatic heterocycles. The third-order valence-corrected chi connectivity index (χ3v) is 2.35. The largest absolute Gasteiger partial charge is 0.478 e. The van der Waals surface area contributed by atoms with Gasteiger partial charge in [0.2, 0.25) is 0 Å². The molecular weight excluding hydrogens is 204 g/mol. The first kappa shape index (κ1) is 12.4. The van der Waals surface area contributed by atoms with Gasteiger partial charge in [0.05, 0.1) is 5.56 Å². The lowest BCUT2D eigenvalue weighted by Crippen LogP contribution is -2.22. The second kappa shape index (κ2) is 4.88. The zero-order valence-corrected chi connectivity index (χ0v) is 9.90. The number of carbonyl (C=O) groups is 1. The van der Waals surface area contributed by atoms with Crippen LogP contribution in [0.3, 0.4) is 0 Å². The molecule has 88 valence electrons. The van der Waals surface area contributed by atoms with Crippen LogP contribution in [0.25, 0.3) is 0 Å². The molecule has 0 amide bonds. The van der Waals surface area contributed by atoms with Gasteiger partial charge in [-0.15, -0.1) is 0 Å². The van der Waals surface area contributed by atoms with Crippen LogP contribution in [-0.4, -0.2) is 24.7 Å². The van der Waals surface area contributed by atoms with E-state index in [1.807, 2.05) is 18.0 Å². The Bertz CT molecular complexity index is 389. The highest BCUT2D eigenvalue weighted by atomic mass is 16.4. The number of anilines is 2. The smallest absolute Gasteiger partial charge is 0.337 e. The molecule has 0 atom stereocenters. The van der Waals surface area contributed by atoms with Gasteiger partial charge in [0.25, 0.3) is 0 Å².